The Balaban J connectivity index is 2.32. The lowest BCUT2D eigenvalue weighted by molar-refractivity contribution is 0.0741. The summed E-state index contributed by atoms with van der Waals surface area (Å²) in [5.41, 5.74) is 8.15. The van der Waals surface area contributed by atoms with Crippen molar-refractivity contribution in [3.05, 3.63) is 59.2 Å². The van der Waals surface area contributed by atoms with Gasteiger partial charge in [-0.05, 0) is 37.6 Å². The molecule has 0 aliphatic rings. The topological polar surface area (TPSA) is 64.8 Å². The lowest BCUT2D eigenvalue weighted by Gasteiger charge is -2.23. The van der Waals surface area contributed by atoms with E-state index in [4.69, 9.17) is 15.2 Å². The van der Waals surface area contributed by atoms with Crippen molar-refractivity contribution in [2.45, 2.75) is 19.9 Å². The summed E-state index contributed by atoms with van der Waals surface area (Å²) in [6.07, 6.45) is 0.749. The molecule has 0 heterocycles. The van der Waals surface area contributed by atoms with E-state index < -0.39 is 0 Å². The lowest BCUT2D eigenvalue weighted by atomic mass is 10.1. The monoisotopic (exact) mass is 342 g/mol. The first-order valence-corrected chi connectivity index (χ1v) is 8.36. The highest BCUT2D eigenvalue weighted by molar-refractivity contribution is 5.95. The van der Waals surface area contributed by atoms with Crippen LogP contribution in [0.1, 0.15) is 27.9 Å². The fourth-order valence-electron chi connectivity index (χ4n) is 2.73. The van der Waals surface area contributed by atoms with Gasteiger partial charge in [-0.1, -0.05) is 30.3 Å². The van der Waals surface area contributed by atoms with E-state index in [0.717, 1.165) is 17.5 Å². The zero-order valence-corrected chi connectivity index (χ0v) is 15.1. The van der Waals surface area contributed by atoms with Crippen molar-refractivity contribution in [1.82, 2.24) is 4.90 Å². The van der Waals surface area contributed by atoms with Crippen molar-refractivity contribution < 1.29 is 14.3 Å². The Hall–Kier alpha value is -2.53. The summed E-state index contributed by atoms with van der Waals surface area (Å²) in [5.74, 6) is 1.22. The number of methoxy groups -OCH3 is 2. The molecule has 2 aromatic carbocycles. The van der Waals surface area contributed by atoms with Crippen LogP contribution in [0.15, 0.2) is 42.5 Å². The van der Waals surface area contributed by atoms with Gasteiger partial charge in [0, 0.05) is 24.2 Å². The van der Waals surface area contributed by atoms with Gasteiger partial charge < -0.3 is 20.1 Å². The van der Waals surface area contributed by atoms with Crippen LogP contribution in [0.4, 0.5) is 0 Å². The third-order valence-electron chi connectivity index (χ3n) is 4.13. The van der Waals surface area contributed by atoms with Crippen LogP contribution < -0.4 is 15.2 Å². The van der Waals surface area contributed by atoms with Gasteiger partial charge >= 0.3 is 0 Å². The number of hydrogen-bond donors (Lipinski definition) is 1. The molecule has 1 amide bonds. The van der Waals surface area contributed by atoms with Crippen molar-refractivity contribution >= 4 is 5.91 Å². The van der Waals surface area contributed by atoms with Gasteiger partial charge in [0.2, 0.25) is 0 Å². The minimum atomic E-state index is -0.0612. The van der Waals surface area contributed by atoms with Gasteiger partial charge in [-0.15, -0.1) is 0 Å². The summed E-state index contributed by atoms with van der Waals surface area (Å²) in [6, 6.07) is 13.5. The molecule has 134 valence electrons. The van der Waals surface area contributed by atoms with Crippen LogP contribution in [-0.2, 0) is 6.54 Å². The molecule has 0 bridgehead atoms. The molecule has 5 nitrogen and oxygen atoms in total. The molecule has 0 fully saturated rings. The SMILES string of the molecule is COc1cc(C(=O)N(CCCN)Cc2ccccc2)cc(OC)c1C. The molecule has 2 rings (SSSR count). The maximum atomic E-state index is 13.1. The van der Waals surface area contributed by atoms with Crippen LogP contribution in [0, 0.1) is 6.92 Å². The Morgan fingerprint density at radius 1 is 1.08 bits per heavy atom. The number of nitrogens with zero attached hydrogens (tertiary/aromatic N) is 1. The van der Waals surface area contributed by atoms with E-state index in [1.165, 1.54) is 0 Å². The number of ether oxygens (including phenoxy) is 2. The molecular weight excluding hydrogens is 316 g/mol. The highest BCUT2D eigenvalue weighted by Crippen LogP contribution is 2.30. The zero-order valence-electron chi connectivity index (χ0n) is 15.1. The van der Waals surface area contributed by atoms with Crippen molar-refractivity contribution in [1.29, 1.82) is 0 Å². The smallest absolute Gasteiger partial charge is 0.254 e. The Labute approximate surface area is 149 Å². The lowest BCUT2D eigenvalue weighted by Crippen LogP contribution is -2.32. The van der Waals surface area contributed by atoms with Gasteiger partial charge in [-0.2, -0.15) is 0 Å². The average Bonchev–Trinajstić information content (AvgIpc) is 2.65. The second-order valence-corrected chi connectivity index (χ2v) is 5.86. The molecule has 0 aliphatic carbocycles. The molecule has 0 aliphatic heterocycles. The van der Waals surface area contributed by atoms with E-state index in [9.17, 15) is 4.79 Å². The molecule has 0 spiro atoms. The standard InChI is InChI=1S/C20H26N2O3/c1-15-18(24-2)12-17(13-19(15)25-3)20(23)22(11-7-10-21)14-16-8-5-4-6-9-16/h4-6,8-9,12-13H,7,10-11,14,21H2,1-3H3. The first-order valence-electron chi connectivity index (χ1n) is 8.36. The van der Waals surface area contributed by atoms with Crippen LogP contribution in [-0.4, -0.2) is 38.1 Å². The predicted molar refractivity (Wildman–Crippen MR) is 99.1 cm³/mol. The fraction of sp³-hybridized carbons (Fsp3) is 0.350. The Bertz CT molecular complexity index is 676. The van der Waals surface area contributed by atoms with Gasteiger partial charge in [0.1, 0.15) is 11.5 Å². The van der Waals surface area contributed by atoms with E-state index in [1.807, 2.05) is 42.2 Å². The highest BCUT2D eigenvalue weighted by Gasteiger charge is 2.19. The van der Waals surface area contributed by atoms with Gasteiger partial charge in [0.25, 0.3) is 5.91 Å². The number of rotatable bonds is 8. The van der Waals surface area contributed by atoms with E-state index >= 15 is 0 Å². The summed E-state index contributed by atoms with van der Waals surface area (Å²) in [7, 11) is 3.18. The Morgan fingerprint density at radius 2 is 1.68 bits per heavy atom. The van der Waals surface area contributed by atoms with Crippen LogP contribution >= 0.6 is 0 Å². The van der Waals surface area contributed by atoms with E-state index in [0.29, 0.717) is 36.7 Å². The maximum absolute atomic E-state index is 13.1. The van der Waals surface area contributed by atoms with E-state index in [-0.39, 0.29) is 5.91 Å². The second kappa shape index (κ2) is 9.08. The molecule has 0 radical (unpaired) electrons. The molecular formula is C20H26N2O3. The third kappa shape index (κ3) is 4.73. The minimum absolute atomic E-state index is 0.0612. The Morgan fingerprint density at radius 3 is 2.20 bits per heavy atom. The molecule has 25 heavy (non-hydrogen) atoms. The van der Waals surface area contributed by atoms with Crippen molar-refractivity contribution in [3.8, 4) is 11.5 Å². The van der Waals surface area contributed by atoms with Gasteiger partial charge in [-0.3, -0.25) is 4.79 Å². The van der Waals surface area contributed by atoms with Crippen LogP contribution in [0.5, 0.6) is 11.5 Å². The maximum Gasteiger partial charge on any atom is 0.254 e. The molecule has 0 unspecified atom stereocenters. The molecule has 2 N–H and O–H groups in total. The highest BCUT2D eigenvalue weighted by atomic mass is 16.5. The molecule has 0 aromatic heterocycles. The number of carbonyl (C=O) groups excluding carboxylic acids is 1. The normalized spacial score (nSPS) is 10.4. The van der Waals surface area contributed by atoms with Crippen LogP contribution in [0.25, 0.3) is 0 Å². The van der Waals surface area contributed by atoms with E-state index in [1.54, 1.807) is 26.4 Å². The van der Waals surface area contributed by atoms with E-state index in [2.05, 4.69) is 0 Å². The van der Waals surface area contributed by atoms with Crippen molar-refractivity contribution in [2.75, 3.05) is 27.3 Å². The average molecular weight is 342 g/mol. The third-order valence-corrected chi connectivity index (χ3v) is 4.13. The Kier molecular flexibility index (Phi) is 6.83. The summed E-state index contributed by atoms with van der Waals surface area (Å²) < 4.78 is 10.8. The van der Waals surface area contributed by atoms with Gasteiger partial charge in [-0.25, -0.2) is 0 Å². The summed E-state index contributed by atoms with van der Waals surface area (Å²) in [4.78, 5) is 14.9. The first kappa shape index (κ1) is 18.8. The van der Waals surface area contributed by atoms with Crippen LogP contribution in [0.2, 0.25) is 0 Å². The number of amides is 1. The number of benzene rings is 2. The van der Waals surface area contributed by atoms with Crippen molar-refractivity contribution in [2.24, 2.45) is 5.73 Å². The summed E-state index contributed by atoms with van der Waals surface area (Å²) >= 11 is 0. The summed E-state index contributed by atoms with van der Waals surface area (Å²) in [6.45, 7) is 3.59. The molecule has 2 aromatic rings. The largest absolute Gasteiger partial charge is 0.496 e. The van der Waals surface area contributed by atoms with Crippen molar-refractivity contribution in [3.63, 3.8) is 0 Å². The quantitative estimate of drug-likeness (QED) is 0.801. The predicted octanol–water partition coefficient (Wildman–Crippen LogP) is 3.00. The number of hydrogen-bond acceptors (Lipinski definition) is 4. The second-order valence-electron chi connectivity index (χ2n) is 5.86. The molecule has 0 saturated heterocycles. The first-order chi connectivity index (χ1) is 12.1. The number of nitrogens with two attached hydrogens (primary N) is 1. The fourth-order valence-corrected chi connectivity index (χ4v) is 2.73. The molecule has 5 heteroatoms. The van der Waals surface area contributed by atoms with Gasteiger partial charge in [0.15, 0.2) is 0 Å². The number of carbonyl (C=O) groups is 1. The summed E-state index contributed by atoms with van der Waals surface area (Å²) in [5, 5.41) is 0. The molecule has 0 atom stereocenters. The zero-order chi connectivity index (χ0) is 18.2. The molecule has 0 saturated carbocycles. The minimum Gasteiger partial charge on any atom is -0.496 e. The van der Waals surface area contributed by atoms with Gasteiger partial charge in [0.05, 0.1) is 14.2 Å². The van der Waals surface area contributed by atoms with Crippen LogP contribution in [0.3, 0.4) is 0 Å².